The minimum atomic E-state index is 0.282. The summed E-state index contributed by atoms with van der Waals surface area (Å²) in [6, 6.07) is 0. The molecule has 0 aliphatic heterocycles. The number of H-pyrrole nitrogens is 1. The predicted octanol–water partition coefficient (Wildman–Crippen LogP) is 1.95. The Kier molecular flexibility index (Phi) is 3.23. The molecule has 19 heavy (non-hydrogen) atoms. The van der Waals surface area contributed by atoms with Crippen LogP contribution in [0.3, 0.4) is 0 Å². The van der Waals surface area contributed by atoms with Gasteiger partial charge < -0.3 is 15.6 Å². The van der Waals surface area contributed by atoms with Crippen LogP contribution in [-0.2, 0) is 0 Å². The largest absolute Gasteiger partial charge is 0.368 e. The standard InChI is InChI=1S/C13H20N6/c1-19(7-9-5-3-2-4-6-9)12-10-11(16-8-15-10)17-13(14)18-12/h8-9H,2-7H2,1H3,(H3,14,15,16,17,18). The molecule has 0 bridgehead atoms. The number of nitrogens with one attached hydrogen (secondary N) is 1. The second-order valence-electron chi connectivity index (χ2n) is 5.39. The Bertz CT molecular complexity index is 557. The third kappa shape index (κ3) is 2.47. The van der Waals surface area contributed by atoms with E-state index in [1.54, 1.807) is 6.33 Å². The van der Waals surface area contributed by atoms with E-state index in [4.69, 9.17) is 5.73 Å². The van der Waals surface area contributed by atoms with Gasteiger partial charge in [0.05, 0.1) is 6.33 Å². The lowest BCUT2D eigenvalue weighted by Crippen LogP contribution is -2.28. The van der Waals surface area contributed by atoms with Gasteiger partial charge in [-0.1, -0.05) is 19.3 Å². The number of aromatic amines is 1. The Morgan fingerprint density at radius 1 is 1.32 bits per heavy atom. The molecule has 0 radical (unpaired) electrons. The minimum absolute atomic E-state index is 0.282. The Hall–Kier alpha value is -1.85. The normalized spacial score (nSPS) is 16.9. The van der Waals surface area contributed by atoms with Crippen molar-refractivity contribution >= 4 is 22.9 Å². The summed E-state index contributed by atoms with van der Waals surface area (Å²) in [5.74, 6) is 1.89. The van der Waals surface area contributed by atoms with Crippen molar-refractivity contribution in [1.82, 2.24) is 19.9 Å². The van der Waals surface area contributed by atoms with E-state index in [1.807, 2.05) is 0 Å². The zero-order valence-corrected chi connectivity index (χ0v) is 11.3. The lowest BCUT2D eigenvalue weighted by atomic mass is 9.89. The smallest absolute Gasteiger partial charge is 0.224 e. The molecule has 3 N–H and O–H groups in total. The van der Waals surface area contributed by atoms with Gasteiger partial charge in [0.15, 0.2) is 11.5 Å². The Morgan fingerprint density at radius 2 is 2.11 bits per heavy atom. The van der Waals surface area contributed by atoms with Gasteiger partial charge in [-0.2, -0.15) is 9.97 Å². The Balaban J connectivity index is 1.83. The first-order valence-electron chi connectivity index (χ1n) is 6.92. The molecule has 2 heterocycles. The number of imidazole rings is 1. The van der Waals surface area contributed by atoms with Gasteiger partial charge in [0, 0.05) is 13.6 Å². The van der Waals surface area contributed by atoms with E-state index in [2.05, 4.69) is 31.9 Å². The molecule has 6 nitrogen and oxygen atoms in total. The molecule has 2 aromatic heterocycles. The van der Waals surface area contributed by atoms with Crippen molar-refractivity contribution in [1.29, 1.82) is 0 Å². The number of hydrogen-bond donors (Lipinski definition) is 2. The van der Waals surface area contributed by atoms with Crippen LogP contribution in [0.15, 0.2) is 6.33 Å². The van der Waals surface area contributed by atoms with E-state index < -0.39 is 0 Å². The average Bonchev–Trinajstić information content (AvgIpc) is 2.86. The van der Waals surface area contributed by atoms with E-state index in [1.165, 1.54) is 32.1 Å². The molecule has 1 fully saturated rings. The van der Waals surface area contributed by atoms with E-state index in [0.29, 0.717) is 5.65 Å². The second kappa shape index (κ2) is 5.03. The molecular weight excluding hydrogens is 240 g/mol. The van der Waals surface area contributed by atoms with Gasteiger partial charge in [-0.15, -0.1) is 0 Å². The lowest BCUT2D eigenvalue weighted by molar-refractivity contribution is 0.362. The molecule has 0 unspecified atom stereocenters. The highest BCUT2D eigenvalue weighted by Gasteiger charge is 2.18. The summed E-state index contributed by atoms with van der Waals surface area (Å²) >= 11 is 0. The molecular formula is C13H20N6. The molecule has 3 rings (SSSR count). The van der Waals surface area contributed by atoms with Gasteiger partial charge in [0.1, 0.15) is 5.52 Å². The number of nitrogen functional groups attached to an aromatic ring is 1. The van der Waals surface area contributed by atoms with Crippen molar-refractivity contribution in [3.63, 3.8) is 0 Å². The fourth-order valence-electron chi connectivity index (χ4n) is 2.95. The Labute approximate surface area is 112 Å². The number of aromatic nitrogens is 4. The van der Waals surface area contributed by atoms with E-state index in [9.17, 15) is 0 Å². The monoisotopic (exact) mass is 260 g/mol. The molecule has 102 valence electrons. The summed E-state index contributed by atoms with van der Waals surface area (Å²) < 4.78 is 0. The van der Waals surface area contributed by atoms with Gasteiger partial charge in [-0.25, -0.2) is 4.98 Å². The van der Waals surface area contributed by atoms with Crippen molar-refractivity contribution < 1.29 is 0 Å². The SMILES string of the molecule is CN(CC1CCCCC1)c1nc(N)nc2nc[nH]c12. The summed E-state index contributed by atoms with van der Waals surface area (Å²) in [7, 11) is 2.07. The fourth-order valence-corrected chi connectivity index (χ4v) is 2.95. The third-order valence-electron chi connectivity index (χ3n) is 3.90. The molecule has 2 aromatic rings. The second-order valence-corrected chi connectivity index (χ2v) is 5.39. The van der Waals surface area contributed by atoms with Crippen LogP contribution in [0.25, 0.3) is 11.2 Å². The van der Waals surface area contributed by atoms with Crippen LogP contribution in [0.4, 0.5) is 11.8 Å². The minimum Gasteiger partial charge on any atom is -0.368 e. The summed E-state index contributed by atoms with van der Waals surface area (Å²) in [5.41, 5.74) is 7.26. The van der Waals surface area contributed by atoms with Crippen LogP contribution < -0.4 is 10.6 Å². The molecule has 0 amide bonds. The number of anilines is 2. The maximum Gasteiger partial charge on any atom is 0.224 e. The molecule has 0 atom stereocenters. The lowest BCUT2D eigenvalue weighted by Gasteiger charge is -2.27. The first-order chi connectivity index (χ1) is 9.24. The first-order valence-corrected chi connectivity index (χ1v) is 6.92. The van der Waals surface area contributed by atoms with Crippen LogP contribution in [0, 0.1) is 5.92 Å². The van der Waals surface area contributed by atoms with Crippen molar-refractivity contribution in [2.24, 2.45) is 5.92 Å². The zero-order valence-electron chi connectivity index (χ0n) is 11.3. The van der Waals surface area contributed by atoms with Crippen LogP contribution >= 0.6 is 0 Å². The predicted molar refractivity (Wildman–Crippen MR) is 75.9 cm³/mol. The number of rotatable bonds is 3. The quantitative estimate of drug-likeness (QED) is 0.881. The van der Waals surface area contributed by atoms with Crippen LogP contribution in [0.5, 0.6) is 0 Å². The van der Waals surface area contributed by atoms with Crippen LogP contribution in [-0.4, -0.2) is 33.5 Å². The van der Waals surface area contributed by atoms with Crippen molar-refractivity contribution in [3.05, 3.63) is 6.33 Å². The van der Waals surface area contributed by atoms with Gasteiger partial charge in [-0.05, 0) is 18.8 Å². The first kappa shape index (κ1) is 12.2. The van der Waals surface area contributed by atoms with Gasteiger partial charge in [0.25, 0.3) is 0 Å². The molecule has 0 spiro atoms. The summed E-state index contributed by atoms with van der Waals surface area (Å²) in [6.07, 6.45) is 8.35. The van der Waals surface area contributed by atoms with Crippen LogP contribution in [0.1, 0.15) is 32.1 Å². The average molecular weight is 260 g/mol. The summed E-state index contributed by atoms with van der Waals surface area (Å²) in [6.45, 7) is 1.02. The van der Waals surface area contributed by atoms with Crippen molar-refractivity contribution in [2.75, 3.05) is 24.2 Å². The number of hydrogen-bond acceptors (Lipinski definition) is 5. The number of nitrogens with two attached hydrogens (primary N) is 1. The summed E-state index contributed by atoms with van der Waals surface area (Å²) in [4.78, 5) is 17.9. The maximum atomic E-state index is 5.75. The van der Waals surface area contributed by atoms with Gasteiger partial charge in [-0.3, -0.25) is 0 Å². The number of fused-ring (bicyclic) bond motifs is 1. The molecule has 1 saturated carbocycles. The molecule has 6 heteroatoms. The highest BCUT2D eigenvalue weighted by Crippen LogP contribution is 2.27. The Morgan fingerprint density at radius 3 is 2.89 bits per heavy atom. The van der Waals surface area contributed by atoms with E-state index in [0.717, 1.165) is 23.8 Å². The molecule has 0 aromatic carbocycles. The fraction of sp³-hybridized carbons (Fsp3) is 0.615. The van der Waals surface area contributed by atoms with E-state index in [-0.39, 0.29) is 5.95 Å². The maximum absolute atomic E-state index is 5.75. The van der Waals surface area contributed by atoms with Gasteiger partial charge in [0.2, 0.25) is 5.95 Å². The molecule has 1 aliphatic rings. The number of nitrogens with zero attached hydrogens (tertiary/aromatic N) is 4. The molecule has 1 aliphatic carbocycles. The van der Waals surface area contributed by atoms with Crippen LogP contribution in [0.2, 0.25) is 0 Å². The third-order valence-corrected chi connectivity index (χ3v) is 3.90. The summed E-state index contributed by atoms with van der Waals surface area (Å²) in [5, 5.41) is 0. The van der Waals surface area contributed by atoms with E-state index >= 15 is 0 Å². The topological polar surface area (TPSA) is 83.7 Å². The highest BCUT2D eigenvalue weighted by atomic mass is 15.2. The zero-order chi connectivity index (χ0) is 13.2. The van der Waals surface area contributed by atoms with Crippen molar-refractivity contribution in [3.8, 4) is 0 Å². The van der Waals surface area contributed by atoms with Gasteiger partial charge >= 0.3 is 0 Å². The highest BCUT2D eigenvalue weighted by molar-refractivity contribution is 5.83. The molecule has 0 saturated heterocycles. The van der Waals surface area contributed by atoms with Crippen molar-refractivity contribution in [2.45, 2.75) is 32.1 Å².